The minimum absolute atomic E-state index is 0.0797. The molecule has 1 aromatic heterocycles. The Labute approximate surface area is 153 Å². The first-order valence-electron chi connectivity index (χ1n) is 8.72. The van der Waals surface area contributed by atoms with Gasteiger partial charge in [0.15, 0.2) is 5.82 Å². The number of nitrogens with zero attached hydrogens (tertiary/aromatic N) is 3. The van der Waals surface area contributed by atoms with Crippen molar-refractivity contribution in [2.45, 2.75) is 33.3 Å². The van der Waals surface area contributed by atoms with Gasteiger partial charge in [-0.3, -0.25) is 0 Å². The molecule has 0 saturated heterocycles. The zero-order chi connectivity index (χ0) is 18.4. The zero-order valence-electron chi connectivity index (χ0n) is 15.2. The number of benzene rings is 2. The lowest BCUT2D eigenvalue weighted by Crippen LogP contribution is -2.08. The Morgan fingerprint density at radius 2 is 1.77 bits per heavy atom. The molecular formula is C20H23N5O. The second-order valence-electron chi connectivity index (χ2n) is 6.13. The first-order valence-corrected chi connectivity index (χ1v) is 8.72. The lowest BCUT2D eigenvalue weighted by atomic mass is 10.1. The van der Waals surface area contributed by atoms with Crippen molar-refractivity contribution in [2.24, 2.45) is 0 Å². The SMILES string of the molecule is CCc1ccc(Nc2cnnc(Nc3ccccc3OC(C)C)n2)cc1. The zero-order valence-corrected chi connectivity index (χ0v) is 15.2. The molecule has 0 aliphatic heterocycles. The van der Waals surface area contributed by atoms with E-state index in [1.165, 1.54) is 5.56 Å². The average molecular weight is 349 g/mol. The standard InChI is InChI=1S/C20H23N5O/c1-4-15-9-11-16(12-10-15)22-19-13-21-25-20(24-19)23-17-7-5-6-8-18(17)26-14(2)3/h5-14H,4H2,1-3H3,(H2,22,23,24,25). The highest BCUT2D eigenvalue weighted by Gasteiger charge is 2.08. The third-order valence-corrected chi connectivity index (χ3v) is 3.69. The molecule has 2 aromatic carbocycles. The van der Waals surface area contributed by atoms with Crippen LogP contribution in [0.1, 0.15) is 26.3 Å². The number of para-hydroxylation sites is 2. The summed E-state index contributed by atoms with van der Waals surface area (Å²) in [5.74, 6) is 1.77. The van der Waals surface area contributed by atoms with E-state index in [1.54, 1.807) is 6.20 Å². The van der Waals surface area contributed by atoms with Gasteiger partial charge in [0.1, 0.15) is 5.75 Å². The highest BCUT2D eigenvalue weighted by Crippen LogP contribution is 2.27. The van der Waals surface area contributed by atoms with E-state index in [0.29, 0.717) is 11.8 Å². The lowest BCUT2D eigenvalue weighted by molar-refractivity contribution is 0.244. The first kappa shape index (κ1) is 17.7. The van der Waals surface area contributed by atoms with Crippen LogP contribution in [-0.4, -0.2) is 21.3 Å². The van der Waals surface area contributed by atoms with E-state index in [-0.39, 0.29) is 6.10 Å². The number of rotatable bonds is 7. The van der Waals surface area contributed by atoms with Crippen LogP contribution in [0.5, 0.6) is 5.75 Å². The van der Waals surface area contributed by atoms with Crippen molar-refractivity contribution in [1.82, 2.24) is 15.2 Å². The van der Waals surface area contributed by atoms with E-state index < -0.39 is 0 Å². The Morgan fingerprint density at radius 1 is 1.00 bits per heavy atom. The Morgan fingerprint density at radius 3 is 2.50 bits per heavy atom. The van der Waals surface area contributed by atoms with E-state index in [4.69, 9.17) is 4.74 Å². The summed E-state index contributed by atoms with van der Waals surface area (Å²) in [6, 6.07) is 15.9. The molecular weight excluding hydrogens is 326 g/mol. The molecule has 6 nitrogen and oxygen atoms in total. The molecule has 2 N–H and O–H groups in total. The summed E-state index contributed by atoms with van der Waals surface area (Å²) < 4.78 is 5.81. The normalized spacial score (nSPS) is 10.6. The van der Waals surface area contributed by atoms with Crippen LogP contribution in [0, 0.1) is 0 Å². The third kappa shape index (κ3) is 4.69. The predicted molar refractivity (Wildman–Crippen MR) is 104 cm³/mol. The Kier molecular flexibility index (Phi) is 5.63. The van der Waals surface area contributed by atoms with Gasteiger partial charge >= 0.3 is 0 Å². The van der Waals surface area contributed by atoms with Gasteiger partial charge in [0.25, 0.3) is 0 Å². The molecule has 0 atom stereocenters. The predicted octanol–water partition coefficient (Wildman–Crippen LogP) is 4.71. The van der Waals surface area contributed by atoms with Crippen molar-refractivity contribution in [1.29, 1.82) is 0 Å². The Balaban J connectivity index is 1.75. The Hall–Kier alpha value is -3.15. The van der Waals surface area contributed by atoms with E-state index in [0.717, 1.165) is 23.5 Å². The van der Waals surface area contributed by atoms with Crippen molar-refractivity contribution < 1.29 is 4.74 Å². The number of hydrogen-bond acceptors (Lipinski definition) is 6. The van der Waals surface area contributed by atoms with Gasteiger partial charge in [0.05, 0.1) is 18.0 Å². The average Bonchev–Trinajstić information content (AvgIpc) is 2.64. The molecule has 26 heavy (non-hydrogen) atoms. The van der Waals surface area contributed by atoms with Gasteiger partial charge < -0.3 is 15.4 Å². The second-order valence-corrected chi connectivity index (χ2v) is 6.13. The molecule has 1 heterocycles. The second kappa shape index (κ2) is 8.29. The number of aryl methyl sites for hydroxylation is 1. The number of nitrogens with one attached hydrogen (secondary N) is 2. The van der Waals surface area contributed by atoms with Gasteiger partial charge in [-0.25, -0.2) is 0 Å². The third-order valence-electron chi connectivity index (χ3n) is 3.69. The van der Waals surface area contributed by atoms with E-state index in [9.17, 15) is 0 Å². The maximum atomic E-state index is 5.81. The molecule has 3 aromatic rings. The van der Waals surface area contributed by atoms with Crippen molar-refractivity contribution >= 4 is 23.1 Å². The maximum absolute atomic E-state index is 5.81. The van der Waals surface area contributed by atoms with Crippen LogP contribution in [0.4, 0.5) is 23.1 Å². The van der Waals surface area contributed by atoms with Crippen molar-refractivity contribution in [3.63, 3.8) is 0 Å². The molecule has 134 valence electrons. The minimum Gasteiger partial charge on any atom is -0.489 e. The number of anilines is 4. The minimum atomic E-state index is 0.0797. The van der Waals surface area contributed by atoms with Crippen LogP contribution in [0.15, 0.2) is 54.7 Å². The van der Waals surface area contributed by atoms with Gasteiger partial charge in [0.2, 0.25) is 5.95 Å². The highest BCUT2D eigenvalue weighted by atomic mass is 16.5. The molecule has 3 rings (SSSR count). The molecule has 0 fully saturated rings. The molecule has 6 heteroatoms. The van der Waals surface area contributed by atoms with E-state index in [1.807, 2.05) is 50.2 Å². The smallest absolute Gasteiger partial charge is 0.249 e. The van der Waals surface area contributed by atoms with Crippen molar-refractivity contribution in [3.8, 4) is 5.75 Å². The van der Waals surface area contributed by atoms with Gasteiger partial charge in [-0.2, -0.15) is 10.1 Å². The summed E-state index contributed by atoms with van der Waals surface area (Å²) in [5.41, 5.74) is 3.05. The molecule has 0 bridgehead atoms. The van der Waals surface area contributed by atoms with Gasteiger partial charge in [-0.15, -0.1) is 5.10 Å². The van der Waals surface area contributed by atoms with Crippen LogP contribution in [0.3, 0.4) is 0 Å². The fraction of sp³-hybridized carbons (Fsp3) is 0.250. The monoisotopic (exact) mass is 349 g/mol. The maximum Gasteiger partial charge on any atom is 0.249 e. The first-order chi connectivity index (χ1) is 12.6. The van der Waals surface area contributed by atoms with Crippen LogP contribution in [0.2, 0.25) is 0 Å². The van der Waals surface area contributed by atoms with E-state index >= 15 is 0 Å². The fourth-order valence-electron chi connectivity index (χ4n) is 2.44. The van der Waals surface area contributed by atoms with E-state index in [2.05, 4.69) is 44.9 Å². The van der Waals surface area contributed by atoms with Crippen LogP contribution < -0.4 is 15.4 Å². The van der Waals surface area contributed by atoms with Gasteiger partial charge in [-0.05, 0) is 50.1 Å². The van der Waals surface area contributed by atoms with Crippen LogP contribution in [-0.2, 0) is 6.42 Å². The van der Waals surface area contributed by atoms with Crippen LogP contribution >= 0.6 is 0 Å². The molecule has 0 spiro atoms. The van der Waals surface area contributed by atoms with Crippen LogP contribution in [0.25, 0.3) is 0 Å². The molecule has 0 unspecified atom stereocenters. The topological polar surface area (TPSA) is 72.0 Å². The fourth-order valence-corrected chi connectivity index (χ4v) is 2.44. The quantitative estimate of drug-likeness (QED) is 0.644. The summed E-state index contributed by atoms with van der Waals surface area (Å²) >= 11 is 0. The Bertz CT molecular complexity index is 849. The lowest BCUT2D eigenvalue weighted by Gasteiger charge is -2.14. The molecule has 0 saturated carbocycles. The van der Waals surface area contributed by atoms with Crippen molar-refractivity contribution in [3.05, 3.63) is 60.3 Å². The molecule has 0 amide bonds. The summed E-state index contributed by atoms with van der Waals surface area (Å²) in [5, 5.41) is 14.5. The summed E-state index contributed by atoms with van der Waals surface area (Å²) in [7, 11) is 0. The number of ether oxygens (including phenoxy) is 1. The largest absolute Gasteiger partial charge is 0.489 e. The summed E-state index contributed by atoms with van der Waals surface area (Å²) in [6.07, 6.45) is 2.69. The van der Waals surface area contributed by atoms with Crippen molar-refractivity contribution in [2.75, 3.05) is 10.6 Å². The molecule has 0 aliphatic rings. The number of aromatic nitrogens is 3. The molecule has 0 radical (unpaired) electrons. The summed E-state index contributed by atoms with van der Waals surface area (Å²) in [4.78, 5) is 4.47. The number of hydrogen-bond donors (Lipinski definition) is 2. The molecule has 0 aliphatic carbocycles. The van der Waals surface area contributed by atoms with Gasteiger partial charge in [-0.1, -0.05) is 31.2 Å². The van der Waals surface area contributed by atoms with Gasteiger partial charge in [0, 0.05) is 5.69 Å². The highest BCUT2D eigenvalue weighted by molar-refractivity contribution is 5.63. The summed E-state index contributed by atoms with van der Waals surface area (Å²) in [6.45, 7) is 6.11.